The lowest BCUT2D eigenvalue weighted by molar-refractivity contribution is 0.0954. The van der Waals surface area contributed by atoms with Gasteiger partial charge in [0.15, 0.2) is 0 Å². The molecular weight excluding hydrogens is 281 g/mol. The zero-order valence-corrected chi connectivity index (χ0v) is 13.2. The monoisotopic (exact) mass is 301 g/mol. The predicted octanol–water partition coefficient (Wildman–Crippen LogP) is 2.69. The fraction of sp³-hybridized carbons (Fsp3) is 0.294. The Bertz CT molecular complexity index is 748. The van der Waals surface area contributed by atoms with Gasteiger partial charge in [0.05, 0.1) is 5.69 Å². The Morgan fingerprint density at radius 1 is 1.23 bits per heavy atom. The van der Waals surface area contributed by atoms with E-state index in [2.05, 4.69) is 4.99 Å². The van der Waals surface area contributed by atoms with Gasteiger partial charge < -0.3 is 4.90 Å². The van der Waals surface area contributed by atoms with Crippen LogP contribution in [0.1, 0.15) is 24.2 Å². The number of hydrogen-bond donors (Lipinski definition) is 0. The summed E-state index contributed by atoms with van der Waals surface area (Å²) in [5, 5.41) is 0. The maximum absolute atomic E-state index is 14.1. The quantitative estimate of drug-likeness (QED) is 0.874. The molecule has 0 aliphatic carbocycles. The number of carbonyl (C=O) groups excluding carboxylic acids is 1. The van der Waals surface area contributed by atoms with Crippen LogP contribution in [0, 0.1) is 5.82 Å². The third kappa shape index (κ3) is 3.42. The first-order valence-electron chi connectivity index (χ1n) is 7.13. The summed E-state index contributed by atoms with van der Waals surface area (Å²) in [5.74, 6) is -0.723. The molecule has 0 fully saturated rings. The number of benzene rings is 1. The van der Waals surface area contributed by atoms with Crippen LogP contribution in [0.25, 0.3) is 0 Å². The van der Waals surface area contributed by atoms with Crippen LogP contribution in [0.2, 0.25) is 0 Å². The SMILES string of the molecule is CC(C)N=c1ccccn1C(=O)c1ccc(N(C)C)c(F)c1. The summed E-state index contributed by atoms with van der Waals surface area (Å²) < 4.78 is 15.5. The lowest BCUT2D eigenvalue weighted by Crippen LogP contribution is -2.28. The summed E-state index contributed by atoms with van der Waals surface area (Å²) in [5.41, 5.74) is 1.29. The zero-order valence-electron chi connectivity index (χ0n) is 13.2. The maximum Gasteiger partial charge on any atom is 0.263 e. The molecule has 0 aliphatic heterocycles. The molecule has 1 aromatic carbocycles. The molecular formula is C17H20FN3O. The normalized spacial score (nSPS) is 11.8. The number of carbonyl (C=O) groups is 1. The van der Waals surface area contributed by atoms with Crippen molar-refractivity contribution in [3.63, 3.8) is 0 Å². The molecule has 0 unspecified atom stereocenters. The summed E-state index contributed by atoms with van der Waals surface area (Å²) in [4.78, 5) is 18.7. The lowest BCUT2D eigenvalue weighted by Gasteiger charge is -2.14. The highest BCUT2D eigenvalue weighted by Gasteiger charge is 2.13. The Labute approximate surface area is 129 Å². The van der Waals surface area contributed by atoms with Gasteiger partial charge in [-0.2, -0.15) is 0 Å². The number of anilines is 1. The predicted molar refractivity (Wildman–Crippen MR) is 85.6 cm³/mol. The standard InChI is InChI=1S/C17H20FN3O/c1-12(2)19-16-7-5-6-10-21(16)17(22)13-8-9-15(20(3)4)14(18)11-13/h5-12H,1-4H3. The van der Waals surface area contributed by atoms with Crippen molar-refractivity contribution < 1.29 is 9.18 Å². The largest absolute Gasteiger partial charge is 0.375 e. The Kier molecular flexibility index (Phi) is 4.75. The van der Waals surface area contributed by atoms with E-state index in [4.69, 9.17) is 0 Å². The minimum Gasteiger partial charge on any atom is -0.375 e. The second kappa shape index (κ2) is 6.56. The molecule has 4 nitrogen and oxygen atoms in total. The van der Waals surface area contributed by atoms with Crippen molar-refractivity contribution in [2.45, 2.75) is 19.9 Å². The van der Waals surface area contributed by atoms with Gasteiger partial charge in [-0.05, 0) is 44.2 Å². The average Bonchev–Trinajstić information content (AvgIpc) is 2.46. The summed E-state index contributed by atoms with van der Waals surface area (Å²) in [6.45, 7) is 3.88. The molecule has 0 bridgehead atoms. The number of hydrogen-bond acceptors (Lipinski definition) is 3. The van der Waals surface area contributed by atoms with Crippen molar-refractivity contribution in [2.75, 3.05) is 19.0 Å². The number of nitrogens with zero attached hydrogens (tertiary/aromatic N) is 3. The molecule has 0 saturated carbocycles. The molecule has 2 aromatic rings. The first-order valence-corrected chi connectivity index (χ1v) is 7.13. The van der Waals surface area contributed by atoms with Crippen LogP contribution in [0.3, 0.4) is 0 Å². The minimum absolute atomic E-state index is 0.0642. The van der Waals surface area contributed by atoms with Crippen molar-refractivity contribution in [3.05, 3.63) is 59.5 Å². The van der Waals surface area contributed by atoms with Crippen LogP contribution in [0.15, 0.2) is 47.6 Å². The van der Waals surface area contributed by atoms with Crippen molar-refractivity contribution in [1.82, 2.24) is 4.57 Å². The summed E-state index contributed by atoms with van der Waals surface area (Å²) in [6.07, 6.45) is 1.64. The van der Waals surface area contributed by atoms with Crippen LogP contribution in [0.4, 0.5) is 10.1 Å². The first-order chi connectivity index (χ1) is 10.4. The highest BCUT2D eigenvalue weighted by Crippen LogP contribution is 2.18. The van der Waals surface area contributed by atoms with Crippen molar-refractivity contribution in [1.29, 1.82) is 0 Å². The molecule has 116 valence electrons. The second-order valence-electron chi connectivity index (χ2n) is 5.52. The Morgan fingerprint density at radius 2 is 1.95 bits per heavy atom. The second-order valence-corrected chi connectivity index (χ2v) is 5.52. The molecule has 1 heterocycles. The van der Waals surface area contributed by atoms with Crippen LogP contribution in [0.5, 0.6) is 0 Å². The van der Waals surface area contributed by atoms with Crippen LogP contribution < -0.4 is 10.4 Å². The third-order valence-corrected chi connectivity index (χ3v) is 3.12. The molecule has 0 N–H and O–H groups in total. The maximum atomic E-state index is 14.1. The molecule has 0 amide bonds. The van der Waals surface area contributed by atoms with Crippen LogP contribution in [-0.2, 0) is 0 Å². The van der Waals surface area contributed by atoms with Crippen molar-refractivity contribution in [2.24, 2.45) is 4.99 Å². The lowest BCUT2D eigenvalue weighted by atomic mass is 10.1. The third-order valence-electron chi connectivity index (χ3n) is 3.12. The van der Waals surface area contributed by atoms with Gasteiger partial charge in [0.25, 0.3) is 5.91 Å². The van der Waals surface area contributed by atoms with E-state index in [0.717, 1.165) is 0 Å². The van der Waals surface area contributed by atoms with Crippen LogP contribution >= 0.6 is 0 Å². The van der Waals surface area contributed by atoms with E-state index in [0.29, 0.717) is 16.7 Å². The van der Waals surface area contributed by atoms with E-state index in [9.17, 15) is 9.18 Å². The number of aromatic nitrogens is 1. The Morgan fingerprint density at radius 3 is 2.55 bits per heavy atom. The van der Waals surface area contributed by atoms with Crippen LogP contribution in [-0.4, -0.2) is 30.6 Å². The Balaban J connectivity index is 2.48. The number of halogens is 1. The van der Waals surface area contributed by atoms with Gasteiger partial charge in [0, 0.05) is 31.9 Å². The smallest absolute Gasteiger partial charge is 0.263 e. The minimum atomic E-state index is -0.422. The molecule has 0 aliphatic rings. The average molecular weight is 301 g/mol. The van der Waals surface area contributed by atoms with Gasteiger partial charge in [-0.1, -0.05) is 6.07 Å². The van der Waals surface area contributed by atoms with Gasteiger partial charge in [0.2, 0.25) is 0 Å². The van der Waals surface area contributed by atoms with Crippen molar-refractivity contribution >= 4 is 11.6 Å². The molecule has 0 saturated heterocycles. The summed E-state index contributed by atoms with van der Waals surface area (Å²) in [7, 11) is 3.51. The van der Waals surface area contributed by atoms with Gasteiger partial charge in [-0.25, -0.2) is 4.39 Å². The summed E-state index contributed by atoms with van der Waals surface area (Å²) >= 11 is 0. The Hall–Kier alpha value is -2.43. The van der Waals surface area contributed by atoms with E-state index in [-0.39, 0.29) is 11.9 Å². The highest BCUT2D eigenvalue weighted by atomic mass is 19.1. The molecule has 0 radical (unpaired) electrons. The fourth-order valence-corrected chi connectivity index (χ4v) is 2.12. The molecule has 0 spiro atoms. The van der Waals surface area contributed by atoms with Gasteiger partial charge in [0.1, 0.15) is 11.3 Å². The molecule has 2 rings (SSSR count). The van der Waals surface area contributed by atoms with E-state index < -0.39 is 5.82 Å². The number of rotatable bonds is 3. The summed E-state index contributed by atoms with van der Waals surface area (Å²) in [6, 6.07) is 9.89. The van der Waals surface area contributed by atoms with E-state index in [1.807, 2.05) is 19.9 Å². The first kappa shape index (κ1) is 15.9. The number of pyridine rings is 1. The van der Waals surface area contributed by atoms with Gasteiger partial charge in [-0.3, -0.25) is 14.4 Å². The molecule has 5 heteroatoms. The molecule has 22 heavy (non-hydrogen) atoms. The molecule has 1 aromatic heterocycles. The topological polar surface area (TPSA) is 37.6 Å². The fourth-order valence-electron chi connectivity index (χ4n) is 2.12. The van der Waals surface area contributed by atoms with Gasteiger partial charge >= 0.3 is 0 Å². The molecule has 0 atom stereocenters. The highest BCUT2D eigenvalue weighted by molar-refractivity contribution is 5.96. The van der Waals surface area contributed by atoms with E-state index in [1.165, 1.54) is 10.6 Å². The van der Waals surface area contributed by atoms with E-state index >= 15 is 0 Å². The van der Waals surface area contributed by atoms with E-state index in [1.54, 1.807) is 49.5 Å². The van der Waals surface area contributed by atoms with Crippen molar-refractivity contribution in [3.8, 4) is 0 Å². The zero-order chi connectivity index (χ0) is 16.3. The van der Waals surface area contributed by atoms with Gasteiger partial charge in [-0.15, -0.1) is 0 Å².